The summed E-state index contributed by atoms with van der Waals surface area (Å²) in [6.45, 7) is 10.4. The van der Waals surface area contributed by atoms with Crippen molar-refractivity contribution in [1.29, 1.82) is 0 Å². The summed E-state index contributed by atoms with van der Waals surface area (Å²) in [7, 11) is 3.21. The number of amides is 1. The van der Waals surface area contributed by atoms with Gasteiger partial charge in [-0.3, -0.25) is 9.78 Å². The zero-order valence-electron chi connectivity index (χ0n) is 28.6. The number of carbonyl (C=O) groups is 1. The fraction of sp³-hybridized carbons (Fsp3) is 0.474. The molecule has 0 N–H and O–H groups in total. The van der Waals surface area contributed by atoms with Crippen LogP contribution in [0.1, 0.15) is 80.9 Å². The molecule has 4 aromatic rings. The van der Waals surface area contributed by atoms with Crippen LogP contribution in [0.5, 0.6) is 11.5 Å². The highest BCUT2D eigenvalue weighted by Crippen LogP contribution is 2.30. The number of hydrogen-bond donors (Lipinski definition) is 0. The number of pyridine rings is 1. The van der Waals surface area contributed by atoms with E-state index < -0.39 is 0 Å². The van der Waals surface area contributed by atoms with Crippen molar-refractivity contribution in [3.63, 3.8) is 0 Å². The lowest BCUT2D eigenvalue weighted by Gasteiger charge is -2.38. The summed E-state index contributed by atoms with van der Waals surface area (Å²) in [6.07, 6.45) is 9.52. The Bertz CT molecular complexity index is 1540. The number of rotatable bonds is 15. The molecule has 1 aliphatic heterocycles. The monoisotopic (exact) mass is 639 g/mol. The van der Waals surface area contributed by atoms with E-state index in [4.69, 9.17) is 14.0 Å². The van der Waals surface area contributed by atoms with E-state index in [1.807, 2.05) is 53.6 Å². The van der Waals surface area contributed by atoms with Crippen LogP contribution in [-0.4, -0.2) is 70.7 Å². The van der Waals surface area contributed by atoms with Crippen molar-refractivity contribution in [2.24, 2.45) is 5.92 Å². The second-order valence-electron chi connectivity index (χ2n) is 12.9. The molecule has 5 rings (SSSR count). The number of hydrogen-bond acceptors (Lipinski definition) is 8. The maximum atomic E-state index is 14.0. The molecule has 0 saturated carbocycles. The highest BCUT2D eigenvalue weighted by Gasteiger charge is 2.29. The van der Waals surface area contributed by atoms with E-state index in [9.17, 15) is 4.79 Å². The molecule has 3 heterocycles. The van der Waals surface area contributed by atoms with Crippen LogP contribution >= 0.6 is 0 Å². The Morgan fingerprint density at radius 3 is 2.28 bits per heavy atom. The maximum absolute atomic E-state index is 14.0. The number of piperidine rings is 1. The van der Waals surface area contributed by atoms with E-state index in [-0.39, 0.29) is 11.9 Å². The molecule has 1 saturated heterocycles. The minimum absolute atomic E-state index is 0.00802. The Balaban J connectivity index is 1.31. The third-order valence-corrected chi connectivity index (χ3v) is 8.98. The Hall–Kier alpha value is -4.24. The van der Waals surface area contributed by atoms with Gasteiger partial charge in [0.1, 0.15) is 17.2 Å². The number of nitrogens with zero attached hydrogens (tertiary/aromatic N) is 5. The average molecular weight is 640 g/mol. The van der Waals surface area contributed by atoms with Gasteiger partial charge in [0.25, 0.3) is 11.8 Å². The minimum Gasteiger partial charge on any atom is -0.497 e. The summed E-state index contributed by atoms with van der Waals surface area (Å²) < 4.78 is 16.4. The summed E-state index contributed by atoms with van der Waals surface area (Å²) in [6, 6.07) is 17.6. The average Bonchev–Trinajstić information content (AvgIpc) is 3.61. The zero-order valence-corrected chi connectivity index (χ0v) is 28.6. The van der Waals surface area contributed by atoms with Crippen molar-refractivity contribution in [3.8, 4) is 34.3 Å². The van der Waals surface area contributed by atoms with Crippen LogP contribution < -0.4 is 9.47 Å². The normalized spacial score (nSPS) is 14.0. The van der Waals surface area contributed by atoms with Gasteiger partial charge in [0.2, 0.25) is 5.82 Å². The van der Waals surface area contributed by atoms with E-state index in [0.29, 0.717) is 46.9 Å². The van der Waals surface area contributed by atoms with Crippen molar-refractivity contribution in [3.05, 3.63) is 77.6 Å². The van der Waals surface area contributed by atoms with Crippen molar-refractivity contribution in [2.45, 2.75) is 78.3 Å². The van der Waals surface area contributed by atoms with Crippen molar-refractivity contribution < 1.29 is 18.8 Å². The second-order valence-corrected chi connectivity index (χ2v) is 12.9. The van der Waals surface area contributed by atoms with Gasteiger partial charge in [-0.25, -0.2) is 0 Å². The highest BCUT2D eigenvalue weighted by atomic mass is 16.5. The number of carbonyl (C=O) groups excluding carboxylic acids is 1. The molecule has 0 unspecified atom stereocenters. The largest absolute Gasteiger partial charge is 0.497 e. The molecule has 0 bridgehead atoms. The first-order valence-corrected chi connectivity index (χ1v) is 17.0. The quantitative estimate of drug-likeness (QED) is 0.122. The standard InChI is InChI=1S/C38H49N5O4/c1-6-7-8-9-28-12-15-35(39-25-28)38(44)43(32-17-20-42(21-18-32)19-16-27(2)3)26-29-10-13-30(14-11-29)36-40-37(47-41-36)31-22-33(45-4)24-34(23-31)46-5/h10-15,22-25,27,32H,6-9,16-21,26H2,1-5H3. The number of methoxy groups -OCH3 is 2. The molecule has 1 amide bonds. The van der Waals surface area contributed by atoms with E-state index >= 15 is 0 Å². The molecule has 0 radical (unpaired) electrons. The molecule has 0 atom stereocenters. The fourth-order valence-electron chi connectivity index (χ4n) is 6.03. The van der Waals surface area contributed by atoms with Crippen molar-refractivity contribution >= 4 is 5.91 Å². The minimum atomic E-state index is -0.00802. The fourth-order valence-corrected chi connectivity index (χ4v) is 6.03. The first-order chi connectivity index (χ1) is 22.9. The van der Waals surface area contributed by atoms with Gasteiger partial charge < -0.3 is 23.8 Å². The van der Waals surface area contributed by atoms with Crippen LogP contribution in [0.15, 0.2) is 65.3 Å². The molecule has 1 fully saturated rings. The van der Waals surface area contributed by atoms with Crippen molar-refractivity contribution in [1.82, 2.24) is 24.9 Å². The zero-order chi connectivity index (χ0) is 33.2. The SMILES string of the molecule is CCCCCc1ccc(C(=O)N(Cc2ccc(-c3noc(-c4cc(OC)cc(OC)c4)n3)cc2)C2CCN(CCC(C)C)CC2)nc1. The molecular formula is C38H49N5O4. The number of unbranched alkanes of at least 4 members (excludes halogenated alkanes) is 2. The number of aryl methyl sites for hydroxylation is 1. The first kappa shape index (κ1) is 34.1. The Labute approximate surface area is 279 Å². The van der Waals surface area contributed by atoms with Crippen LogP contribution in [0.3, 0.4) is 0 Å². The Morgan fingerprint density at radius 1 is 0.957 bits per heavy atom. The van der Waals surface area contributed by atoms with Gasteiger partial charge >= 0.3 is 0 Å². The molecule has 9 nitrogen and oxygen atoms in total. The summed E-state index contributed by atoms with van der Waals surface area (Å²) in [5.41, 5.74) is 4.28. The van der Waals surface area contributed by atoms with Gasteiger partial charge in [-0.2, -0.15) is 4.98 Å². The molecule has 47 heavy (non-hydrogen) atoms. The van der Waals surface area contributed by atoms with Gasteiger partial charge in [0.05, 0.1) is 14.2 Å². The summed E-state index contributed by atoms with van der Waals surface area (Å²) in [5.74, 6) is 2.82. The van der Waals surface area contributed by atoms with E-state index in [1.165, 1.54) is 24.8 Å². The lowest BCUT2D eigenvalue weighted by atomic mass is 10.00. The van der Waals surface area contributed by atoms with E-state index in [2.05, 4.69) is 46.9 Å². The topological polar surface area (TPSA) is 93.8 Å². The van der Waals surface area contributed by atoms with Gasteiger partial charge in [-0.05, 0) is 73.9 Å². The smallest absolute Gasteiger partial charge is 0.272 e. The van der Waals surface area contributed by atoms with Crippen LogP contribution in [0.25, 0.3) is 22.8 Å². The third-order valence-electron chi connectivity index (χ3n) is 8.98. The molecule has 0 spiro atoms. The Kier molecular flexibility index (Phi) is 12.0. The van der Waals surface area contributed by atoms with Crippen LogP contribution in [0, 0.1) is 5.92 Å². The number of likely N-dealkylation sites (tertiary alicyclic amines) is 1. The molecule has 2 aromatic carbocycles. The first-order valence-electron chi connectivity index (χ1n) is 17.0. The molecule has 250 valence electrons. The van der Waals surface area contributed by atoms with Crippen LogP contribution in [0.2, 0.25) is 0 Å². The van der Waals surface area contributed by atoms with Gasteiger partial charge in [0, 0.05) is 49.1 Å². The summed E-state index contributed by atoms with van der Waals surface area (Å²) in [4.78, 5) is 27.9. The third kappa shape index (κ3) is 9.19. The second kappa shape index (κ2) is 16.5. The summed E-state index contributed by atoms with van der Waals surface area (Å²) in [5, 5.41) is 4.22. The van der Waals surface area contributed by atoms with Gasteiger partial charge in [0.15, 0.2) is 0 Å². The van der Waals surface area contributed by atoms with Crippen molar-refractivity contribution in [2.75, 3.05) is 33.9 Å². The van der Waals surface area contributed by atoms with Crippen LogP contribution in [0.4, 0.5) is 0 Å². The maximum Gasteiger partial charge on any atom is 0.272 e. The molecular weight excluding hydrogens is 590 g/mol. The Morgan fingerprint density at radius 2 is 1.66 bits per heavy atom. The number of benzene rings is 2. The predicted molar refractivity (Wildman–Crippen MR) is 185 cm³/mol. The van der Waals surface area contributed by atoms with Gasteiger partial charge in [-0.1, -0.05) is 69.1 Å². The lowest BCUT2D eigenvalue weighted by molar-refractivity contribution is 0.0540. The highest BCUT2D eigenvalue weighted by molar-refractivity contribution is 5.92. The van der Waals surface area contributed by atoms with Crippen LogP contribution in [-0.2, 0) is 13.0 Å². The van der Waals surface area contributed by atoms with E-state index in [1.54, 1.807) is 20.3 Å². The molecule has 0 aliphatic carbocycles. The number of ether oxygens (including phenoxy) is 2. The lowest BCUT2D eigenvalue weighted by Crippen LogP contribution is -2.47. The van der Waals surface area contributed by atoms with Gasteiger partial charge in [-0.15, -0.1) is 0 Å². The molecule has 9 heteroatoms. The molecule has 2 aromatic heterocycles. The number of aromatic nitrogens is 3. The van der Waals surface area contributed by atoms with E-state index in [0.717, 1.165) is 56.4 Å². The molecule has 1 aliphatic rings. The predicted octanol–water partition coefficient (Wildman–Crippen LogP) is 7.70. The summed E-state index contributed by atoms with van der Waals surface area (Å²) >= 11 is 0.